The maximum Gasteiger partial charge on any atom is 0.260 e. The fraction of sp³-hybridized carbons (Fsp3) is 0.353. The van der Waals surface area contributed by atoms with Gasteiger partial charge in [-0.2, -0.15) is 0 Å². The molecule has 6 rings (SSSR count). The lowest BCUT2D eigenvalue weighted by atomic mass is 9.92. The van der Waals surface area contributed by atoms with E-state index in [0.29, 0.717) is 36.5 Å². The third-order valence-electron chi connectivity index (χ3n) is 8.56. The van der Waals surface area contributed by atoms with Crippen LogP contribution in [0.25, 0.3) is 6.08 Å². The smallest absolute Gasteiger partial charge is 0.260 e. The van der Waals surface area contributed by atoms with Gasteiger partial charge in [-0.15, -0.1) is 11.8 Å². The molecule has 6 heteroatoms. The van der Waals surface area contributed by atoms with Crippen molar-refractivity contribution in [2.45, 2.75) is 50.4 Å². The van der Waals surface area contributed by atoms with Crippen molar-refractivity contribution < 1.29 is 9.59 Å². The first-order valence-corrected chi connectivity index (χ1v) is 15.4. The molecule has 3 aliphatic rings. The third kappa shape index (κ3) is 5.68. The first-order valence-electron chi connectivity index (χ1n) is 14.5. The van der Waals surface area contributed by atoms with Crippen molar-refractivity contribution in [1.29, 1.82) is 0 Å². The van der Waals surface area contributed by atoms with Crippen LogP contribution in [0.3, 0.4) is 0 Å². The minimum Gasteiger partial charge on any atom is -0.368 e. The van der Waals surface area contributed by atoms with Crippen LogP contribution in [0, 0.1) is 6.92 Å². The predicted octanol–water partition coefficient (Wildman–Crippen LogP) is 6.39. The highest BCUT2D eigenvalue weighted by molar-refractivity contribution is 8.04. The molecule has 3 fully saturated rings. The van der Waals surface area contributed by atoms with Crippen LogP contribution in [0.4, 0.5) is 5.69 Å². The van der Waals surface area contributed by atoms with Crippen LogP contribution in [-0.2, 0) is 11.3 Å². The number of nitrogens with zero attached hydrogens (tertiary/aromatic N) is 3. The van der Waals surface area contributed by atoms with Gasteiger partial charge in [-0.05, 0) is 66.8 Å². The van der Waals surface area contributed by atoms with E-state index in [9.17, 15) is 9.59 Å². The van der Waals surface area contributed by atoms with Gasteiger partial charge in [0.05, 0.1) is 4.91 Å². The summed E-state index contributed by atoms with van der Waals surface area (Å²) in [7, 11) is 0. The molecule has 0 spiro atoms. The lowest BCUT2D eigenvalue weighted by Gasteiger charge is -2.44. The van der Waals surface area contributed by atoms with Gasteiger partial charge in [-0.1, -0.05) is 67.4 Å². The highest BCUT2D eigenvalue weighted by Crippen LogP contribution is 2.43. The lowest BCUT2D eigenvalue weighted by molar-refractivity contribution is -0.130. The number of aryl methyl sites for hydroxylation is 1. The average molecular weight is 552 g/mol. The molecule has 206 valence electrons. The molecule has 2 amide bonds. The molecule has 2 unspecified atom stereocenters. The summed E-state index contributed by atoms with van der Waals surface area (Å²) in [6.45, 7) is 5.88. The predicted molar refractivity (Wildman–Crippen MR) is 164 cm³/mol. The molecular weight excluding hydrogens is 514 g/mol. The quantitative estimate of drug-likeness (QED) is 0.345. The Kier molecular flexibility index (Phi) is 7.96. The van der Waals surface area contributed by atoms with Crippen LogP contribution >= 0.6 is 11.8 Å². The van der Waals surface area contributed by atoms with Gasteiger partial charge in [0.15, 0.2) is 0 Å². The van der Waals surface area contributed by atoms with E-state index < -0.39 is 0 Å². The number of carbonyl (C=O) groups excluding carboxylic acids is 2. The summed E-state index contributed by atoms with van der Waals surface area (Å²) in [6, 6.07) is 26.8. The van der Waals surface area contributed by atoms with Crippen LogP contribution in [0.1, 0.15) is 52.7 Å². The summed E-state index contributed by atoms with van der Waals surface area (Å²) < 4.78 is 0. The van der Waals surface area contributed by atoms with E-state index in [1.807, 2.05) is 41.3 Å². The van der Waals surface area contributed by atoms with Gasteiger partial charge < -0.3 is 14.7 Å². The van der Waals surface area contributed by atoms with Gasteiger partial charge in [0.1, 0.15) is 0 Å². The van der Waals surface area contributed by atoms with Gasteiger partial charge in [-0.25, -0.2) is 0 Å². The average Bonchev–Trinajstić information content (AvgIpc) is 3.01. The molecule has 3 aromatic rings. The van der Waals surface area contributed by atoms with E-state index in [-0.39, 0.29) is 11.8 Å². The molecule has 0 radical (unpaired) electrons. The Labute approximate surface area is 241 Å². The van der Waals surface area contributed by atoms with E-state index in [0.717, 1.165) is 36.4 Å². The number of benzene rings is 3. The van der Waals surface area contributed by atoms with Crippen LogP contribution in [-0.4, -0.2) is 59.1 Å². The van der Waals surface area contributed by atoms with Gasteiger partial charge in [0.2, 0.25) is 0 Å². The molecule has 1 aliphatic carbocycles. The molecule has 0 aromatic heterocycles. The monoisotopic (exact) mass is 551 g/mol. The Bertz CT molecular complexity index is 1380. The van der Waals surface area contributed by atoms with Crippen molar-refractivity contribution >= 4 is 35.3 Å². The number of anilines is 1. The number of amides is 2. The maximum absolute atomic E-state index is 13.8. The number of fused-ring (bicyclic) bond motifs is 1. The number of thioether (sulfide) groups is 1. The van der Waals surface area contributed by atoms with Crippen molar-refractivity contribution in [3.63, 3.8) is 0 Å². The minimum absolute atomic E-state index is 0.0736. The summed E-state index contributed by atoms with van der Waals surface area (Å²) in [5.41, 5.74) is 5.32. The normalized spacial score (nSPS) is 22.4. The summed E-state index contributed by atoms with van der Waals surface area (Å²) in [5.74, 6) is 0.206. The highest BCUT2D eigenvalue weighted by atomic mass is 32.2. The van der Waals surface area contributed by atoms with Crippen molar-refractivity contribution in [2.24, 2.45) is 0 Å². The molecule has 0 bridgehead atoms. The largest absolute Gasteiger partial charge is 0.368 e. The SMILES string of the molecule is Cc1ccccc1CN1C(=O)/C(=C\c2ccc(C(=O)N3CCN(c4ccccc4)CC3)cc2)SC2CCCCC21. The highest BCUT2D eigenvalue weighted by Gasteiger charge is 2.40. The van der Waals surface area contributed by atoms with Crippen molar-refractivity contribution in [1.82, 2.24) is 9.80 Å². The van der Waals surface area contributed by atoms with Crippen LogP contribution in [0.2, 0.25) is 0 Å². The number of rotatable bonds is 5. The Hall–Kier alpha value is -3.51. The summed E-state index contributed by atoms with van der Waals surface area (Å²) in [6.07, 6.45) is 6.67. The summed E-state index contributed by atoms with van der Waals surface area (Å²) in [4.78, 5) is 34.2. The zero-order valence-electron chi connectivity index (χ0n) is 23.2. The molecule has 2 heterocycles. The Morgan fingerprint density at radius 3 is 2.33 bits per heavy atom. The Balaban J connectivity index is 1.14. The molecule has 3 aromatic carbocycles. The number of hydrogen-bond acceptors (Lipinski definition) is 4. The number of para-hydroxylation sites is 1. The molecule has 1 saturated carbocycles. The van der Waals surface area contributed by atoms with E-state index >= 15 is 0 Å². The molecule has 2 saturated heterocycles. The van der Waals surface area contributed by atoms with Gasteiger partial charge in [0, 0.05) is 55.3 Å². The van der Waals surface area contributed by atoms with Crippen LogP contribution < -0.4 is 4.90 Å². The lowest BCUT2D eigenvalue weighted by Crippen LogP contribution is -2.50. The second-order valence-corrected chi connectivity index (χ2v) is 12.4. The standard InChI is InChI=1S/C34H37N3O2S/c1-25-9-5-6-10-28(25)24-37-30-13-7-8-14-31(30)40-32(34(37)39)23-26-15-17-27(18-16-26)33(38)36-21-19-35(20-22-36)29-11-3-2-4-12-29/h2-6,9-12,15-18,23,30-31H,7-8,13-14,19-22,24H2,1H3/b32-23+. The van der Waals surface area contributed by atoms with Crippen LogP contribution in [0.15, 0.2) is 83.8 Å². The first-order chi connectivity index (χ1) is 19.6. The molecule has 2 aliphatic heterocycles. The first kappa shape index (κ1) is 26.7. The number of hydrogen-bond donors (Lipinski definition) is 0. The molecular formula is C34H37N3O2S. The van der Waals surface area contributed by atoms with Gasteiger partial charge in [-0.3, -0.25) is 9.59 Å². The second-order valence-electron chi connectivity index (χ2n) is 11.1. The summed E-state index contributed by atoms with van der Waals surface area (Å²) in [5, 5.41) is 0.442. The van der Waals surface area contributed by atoms with E-state index in [1.165, 1.54) is 29.7 Å². The fourth-order valence-electron chi connectivity index (χ4n) is 6.20. The molecule has 2 atom stereocenters. The maximum atomic E-state index is 13.8. The van der Waals surface area contributed by atoms with Gasteiger partial charge in [0.25, 0.3) is 11.8 Å². The second kappa shape index (κ2) is 11.9. The Morgan fingerprint density at radius 1 is 0.875 bits per heavy atom. The third-order valence-corrected chi connectivity index (χ3v) is 9.96. The molecule has 0 N–H and O–H groups in total. The zero-order chi connectivity index (χ0) is 27.5. The fourth-order valence-corrected chi connectivity index (χ4v) is 7.67. The summed E-state index contributed by atoms with van der Waals surface area (Å²) >= 11 is 1.76. The van der Waals surface area contributed by atoms with Gasteiger partial charge >= 0.3 is 0 Å². The van der Waals surface area contributed by atoms with E-state index in [4.69, 9.17) is 0 Å². The number of carbonyl (C=O) groups is 2. The van der Waals surface area contributed by atoms with E-state index in [2.05, 4.69) is 65.3 Å². The van der Waals surface area contributed by atoms with Crippen LogP contribution in [0.5, 0.6) is 0 Å². The van der Waals surface area contributed by atoms with E-state index in [1.54, 1.807) is 11.8 Å². The van der Waals surface area contributed by atoms with Crippen molar-refractivity contribution in [3.8, 4) is 0 Å². The number of piperazine rings is 1. The van der Waals surface area contributed by atoms with Crippen molar-refractivity contribution in [3.05, 3.63) is 106 Å². The van der Waals surface area contributed by atoms with Crippen molar-refractivity contribution in [2.75, 3.05) is 31.1 Å². The topological polar surface area (TPSA) is 43.9 Å². The zero-order valence-corrected chi connectivity index (χ0v) is 24.0. The minimum atomic E-state index is 0.0736. The molecule has 5 nitrogen and oxygen atoms in total. The molecule has 40 heavy (non-hydrogen) atoms. The Morgan fingerprint density at radius 2 is 1.57 bits per heavy atom.